The second-order valence-electron chi connectivity index (χ2n) is 18.3. The number of Topliss-reactive ketones (excluding diaryl/α,β-unsaturated/α-hetero) is 3. The van der Waals surface area contributed by atoms with Crippen molar-refractivity contribution in [2.75, 3.05) is 0 Å². The highest BCUT2D eigenvalue weighted by molar-refractivity contribution is 6.11. The van der Waals surface area contributed by atoms with Crippen LogP contribution >= 0.6 is 0 Å². The van der Waals surface area contributed by atoms with Crippen LogP contribution in [0.25, 0.3) is 0 Å². The number of allylic oxidation sites excluding steroid dienone is 10. The molecule has 0 aliphatic carbocycles. The van der Waals surface area contributed by atoms with Gasteiger partial charge < -0.3 is 15.3 Å². The molecule has 6 nitrogen and oxygen atoms in total. The number of hydrogen-bond acceptors (Lipinski definition) is 6. The summed E-state index contributed by atoms with van der Waals surface area (Å²) in [6, 6.07) is 0. The maximum Gasteiger partial charge on any atom is 0.210 e. The average Bonchev–Trinajstić information content (AvgIpc) is 3.29. The van der Waals surface area contributed by atoms with Crippen molar-refractivity contribution in [3.8, 4) is 0 Å². The van der Waals surface area contributed by atoms with E-state index in [0.717, 1.165) is 128 Å². The molecule has 3 atom stereocenters. The average molecular weight is 881 g/mol. The maximum atomic E-state index is 13.6. The first kappa shape index (κ1) is 60.6. The Morgan fingerprint density at radius 3 is 0.968 bits per heavy atom. The normalized spacial score (nSPS) is 14.3. The predicted molar refractivity (Wildman–Crippen MR) is 270 cm³/mol. The third kappa shape index (κ3) is 35.5. The number of aliphatic hydroxyl groups excluding tert-OH is 2. The van der Waals surface area contributed by atoms with Gasteiger partial charge in [-0.3, -0.25) is 14.4 Å². The molecule has 0 aliphatic heterocycles. The molecule has 0 aromatic carbocycles. The summed E-state index contributed by atoms with van der Waals surface area (Å²) in [5, 5.41) is 33.9. The van der Waals surface area contributed by atoms with Crippen molar-refractivity contribution in [3.05, 3.63) is 60.8 Å². The van der Waals surface area contributed by atoms with Crippen LogP contribution in [-0.4, -0.2) is 50.5 Å². The van der Waals surface area contributed by atoms with E-state index in [1.165, 1.54) is 77.0 Å². The first-order valence-electron chi connectivity index (χ1n) is 26.7. The van der Waals surface area contributed by atoms with E-state index in [9.17, 15) is 29.7 Å². The number of rotatable bonds is 48. The van der Waals surface area contributed by atoms with Crippen molar-refractivity contribution in [2.45, 2.75) is 283 Å². The quantitative estimate of drug-likeness (QED) is 0.0319. The standard InChI is InChI=1S/C57H100O6/c1-4-7-10-13-16-19-22-25-28-31-34-37-40-43-46-49-52(58)55(61)56(62)57(63,53(59)50-47-44-41-38-35-32-29-26-23-20-17-14-11-8-5-2)54(60)51-48-45-42-39-36-33-30-27-24-21-18-15-12-9-6-3/h16-17,19-20,25-30,55-56,61-63H,4-15,18,21-24,31-51H2,1-3H3/b19-16-,20-17-,28-25-,29-26-,30-27-. The topological polar surface area (TPSA) is 112 Å². The van der Waals surface area contributed by atoms with Gasteiger partial charge in [0, 0.05) is 19.3 Å². The van der Waals surface area contributed by atoms with E-state index >= 15 is 0 Å². The van der Waals surface area contributed by atoms with E-state index in [-0.39, 0.29) is 19.3 Å². The van der Waals surface area contributed by atoms with E-state index < -0.39 is 35.2 Å². The molecule has 6 heteroatoms. The van der Waals surface area contributed by atoms with Gasteiger partial charge in [0.15, 0.2) is 17.3 Å². The number of ketones is 3. The molecule has 0 amide bonds. The van der Waals surface area contributed by atoms with Gasteiger partial charge in [-0.2, -0.15) is 0 Å². The van der Waals surface area contributed by atoms with E-state index in [1.54, 1.807) is 0 Å². The van der Waals surface area contributed by atoms with Gasteiger partial charge in [0.1, 0.15) is 12.2 Å². The monoisotopic (exact) mass is 881 g/mol. The summed E-state index contributed by atoms with van der Waals surface area (Å²) >= 11 is 0. The van der Waals surface area contributed by atoms with Crippen LogP contribution in [0.5, 0.6) is 0 Å². The Hall–Kier alpha value is -2.41. The SMILES string of the molecule is CCCCC/C=C\C/C=C\CCCCCCCC(=O)C(O)C(O)C(O)(C(=O)CCCCCCC/C=C\C/C=C\CCCCC)C(=O)CCCCCCC/C=C\CCCCCCCC. The van der Waals surface area contributed by atoms with Crippen LogP contribution in [0, 0.1) is 0 Å². The minimum Gasteiger partial charge on any atom is -0.386 e. The fourth-order valence-corrected chi connectivity index (χ4v) is 7.98. The van der Waals surface area contributed by atoms with Gasteiger partial charge >= 0.3 is 0 Å². The summed E-state index contributed by atoms with van der Waals surface area (Å²) in [4.78, 5) is 40.2. The first-order chi connectivity index (χ1) is 30.8. The molecule has 0 bridgehead atoms. The van der Waals surface area contributed by atoms with Crippen LogP contribution in [0.1, 0.15) is 265 Å². The zero-order valence-electron chi connectivity index (χ0n) is 41.4. The van der Waals surface area contributed by atoms with Crippen molar-refractivity contribution in [3.63, 3.8) is 0 Å². The smallest absolute Gasteiger partial charge is 0.210 e. The molecule has 0 aromatic heterocycles. The highest BCUT2D eigenvalue weighted by Gasteiger charge is 2.52. The van der Waals surface area contributed by atoms with E-state index in [1.807, 2.05) is 0 Å². The molecule has 0 spiro atoms. The molecule has 0 aliphatic rings. The van der Waals surface area contributed by atoms with Crippen LogP contribution in [-0.2, 0) is 14.4 Å². The zero-order chi connectivity index (χ0) is 46.3. The van der Waals surface area contributed by atoms with Gasteiger partial charge in [-0.05, 0) is 109 Å². The van der Waals surface area contributed by atoms with Crippen molar-refractivity contribution in [1.82, 2.24) is 0 Å². The highest BCUT2D eigenvalue weighted by atomic mass is 16.4. The lowest BCUT2D eigenvalue weighted by atomic mass is 9.79. The molecule has 0 saturated heterocycles. The summed E-state index contributed by atoms with van der Waals surface area (Å²) in [6.45, 7) is 6.69. The van der Waals surface area contributed by atoms with Gasteiger partial charge in [-0.1, -0.05) is 197 Å². The maximum absolute atomic E-state index is 13.6. The summed E-state index contributed by atoms with van der Waals surface area (Å²) in [5.41, 5.74) is -2.79. The minimum atomic E-state index is -2.79. The molecule has 0 rings (SSSR count). The fraction of sp³-hybridized carbons (Fsp3) is 0.772. The molecule has 63 heavy (non-hydrogen) atoms. The predicted octanol–water partition coefficient (Wildman–Crippen LogP) is 15.8. The van der Waals surface area contributed by atoms with E-state index in [2.05, 4.69) is 81.5 Å². The number of carbonyl (C=O) groups is 3. The molecule has 3 unspecified atom stereocenters. The molecule has 3 N–H and O–H groups in total. The second-order valence-corrected chi connectivity index (χ2v) is 18.3. The summed E-state index contributed by atoms with van der Waals surface area (Å²) < 4.78 is 0. The number of aliphatic hydroxyl groups is 3. The van der Waals surface area contributed by atoms with Crippen LogP contribution in [0.15, 0.2) is 60.8 Å². The lowest BCUT2D eigenvalue weighted by molar-refractivity contribution is -0.174. The van der Waals surface area contributed by atoms with E-state index in [0.29, 0.717) is 19.3 Å². The van der Waals surface area contributed by atoms with Crippen molar-refractivity contribution < 1.29 is 29.7 Å². The van der Waals surface area contributed by atoms with Crippen LogP contribution in [0.4, 0.5) is 0 Å². The lowest BCUT2D eigenvalue weighted by Gasteiger charge is -2.32. The highest BCUT2D eigenvalue weighted by Crippen LogP contribution is 2.25. The molecule has 0 heterocycles. The molecular weight excluding hydrogens is 781 g/mol. The molecular formula is C57H100O6. The Bertz CT molecular complexity index is 1210. The third-order valence-corrected chi connectivity index (χ3v) is 12.3. The second kappa shape index (κ2) is 46.1. The number of unbranched alkanes of at least 4 members (excludes halogenated alkanes) is 27. The zero-order valence-corrected chi connectivity index (χ0v) is 41.4. The van der Waals surface area contributed by atoms with Crippen LogP contribution in [0.3, 0.4) is 0 Å². The minimum absolute atomic E-state index is 0.0281. The summed E-state index contributed by atoms with van der Waals surface area (Å²) in [5.74, 6) is -2.21. The van der Waals surface area contributed by atoms with Crippen molar-refractivity contribution >= 4 is 17.3 Å². The lowest BCUT2D eigenvalue weighted by Crippen LogP contribution is -2.61. The van der Waals surface area contributed by atoms with Crippen molar-refractivity contribution in [2.24, 2.45) is 0 Å². The van der Waals surface area contributed by atoms with E-state index in [4.69, 9.17) is 0 Å². The molecule has 0 radical (unpaired) electrons. The largest absolute Gasteiger partial charge is 0.386 e. The van der Waals surface area contributed by atoms with Crippen LogP contribution < -0.4 is 0 Å². The Labute approximate surface area is 389 Å². The summed E-state index contributed by atoms with van der Waals surface area (Å²) in [6.07, 6.45) is 55.1. The molecule has 0 saturated carbocycles. The first-order valence-corrected chi connectivity index (χ1v) is 26.7. The number of hydrogen-bond donors (Lipinski definition) is 3. The molecule has 364 valence electrons. The Morgan fingerprint density at radius 1 is 0.365 bits per heavy atom. The molecule has 0 fully saturated rings. The number of carbonyl (C=O) groups excluding carboxylic acids is 3. The third-order valence-electron chi connectivity index (χ3n) is 12.3. The summed E-state index contributed by atoms with van der Waals surface area (Å²) in [7, 11) is 0. The molecule has 0 aromatic rings. The van der Waals surface area contributed by atoms with Gasteiger partial charge in [0.25, 0.3) is 0 Å². The van der Waals surface area contributed by atoms with Crippen LogP contribution in [0.2, 0.25) is 0 Å². The Kier molecular flexibility index (Phi) is 44.4. The van der Waals surface area contributed by atoms with Crippen molar-refractivity contribution in [1.29, 1.82) is 0 Å². The Balaban J connectivity index is 4.88. The van der Waals surface area contributed by atoms with Gasteiger partial charge in [-0.15, -0.1) is 0 Å². The fourth-order valence-electron chi connectivity index (χ4n) is 7.98. The van der Waals surface area contributed by atoms with Gasteiger partial charge in [-0.25, -0.2) is 0 Å². The Morgan fingerprint density at radius 2 is 0.619 bits per heavy atom. The van der Waals surface area contributed by atoms with Gasteiger partial charge in [0.2, 0.25) is 5.60 Å². The van der Waals surface area contributed by atoms with Gasteiger partial charge in [0.05, 0.1) is 0 Å².